The molecule has 4 nitrogen and oxygen atoms in total. The second-order valence-corrected chi connectivity index (χ2v) is 4.54. The van der Waals surface area contributed by atoms with Gasteiger partial charge in [-0.1, -0.05) is 12.1 Å². The van der Waals surface area contributed by atoms with Crippen LogP contribution in [0.3, 0.4) is 0 Å². The number of likely N-dealkylation sites (N-methyl/N-ethyl adjacent to an activating group) is 1. The van der Waals surface area contributed by atoms with Crippen LogP contribution in [-0.4, -0.2) is 40.9 Å². The van der Waals surface area contributed by atoms with E-state index >= 15 is 0 Å². The van der Waals surface area contributed by atoms with Crippen LogP contribution in [0.5, 0.6) is 0 Å². The first-order valence-electron chi connectivity index (χ1n) is 6.24. The Balaban J connectivity index is 2.55. The fraction of sp³-hybridized carbons (Fsp3) is 0.429. The minimum Gasteiger partial charge on any atom is -0.478 e. The van der Waals surface area contributed by atoms with Crippen molar-refractivity contribution in [1.29, 1.82) is 0 Å². The lowest BCUT2D eigenvalue weighted by atomic mass is 10.1. The Labute approximate surface area is 118 Å². The van der Waals surface area contributed by atoms with Crippen molar-refractivity contribution in [1.82, 2.24) is 4.90 Å². The first kappa shape index (κ1) is 15.5. The summed E-state index contributed by atoms with van der Waals surface area (Å²) < 4.78 is 0. The van der Waals surface area contributed by atoms with Crippen LogP contribution >= 0.6 is 11.6 Å². The fourth-order valence-electron chi connectivity index (χ4n) is 1.78. The van der Waals surface area contributed by atoms with E-state index in [0.717, 1.165) is 5.56 Å². The van der Waals surface area contributed by atoms with Crippen LogP contribution in [0.15, 0.2) is 24.3 Å². The number of carbonyl (C=O) groups excluding carboxylic acids is 1. The van der Waals surface area contributed by atoms with Crippen LogP contribution in [-0.2, 0) is 11.2 Å². The number of halogens is 1. The van der Waals surface area contributed by atoms with Crippen LogP contribution in [0.1, 0.15) is 29.3 Å². The summed E-state index contributed by atoms with van der Waals surface area (Å²) in [6, 6.07) is 6.72. The van der Waals surface area contributed by atoms with Gasteiger partial charge >= 0.3 is 5.97 Å². The lowest BCUT2D eigenvalue weighted by Gasteiger charge is -2.20. The van der Waals surface area contributed by atoms with Crippen LogP contribution in [0.4, 0.5) is 0 Å². The van der Waals surface area contributed by atoms with Gasteiger partial charge in [-0.2, -0.15) is 0 Å². The quantitative estimate of drug-likeness (QED) is 0.782. The van der Waals surface area contributed by atoms with Crippen molar-refractivity contribution in [2.75, 3.05) is 19.0 Å². The lowest BCUT2D eigenvalue weighted by Crippen LogP contribution is -2.32. The van der Waals surface area contributed by atoms with E-state index in [1.807, 2.05) is 6.92 Å². The maximum atomic E-state index is 11.7. The van der Waals surface area contributed by atoms with Crippen molar-refractivity contribution < 1.29 is 14.7 Å². The number of hydrogen-bond donors (Lipinski definition) is 1. The normalized spacial score (nSPS) is 10.2. The van der Waals surface area contributed by atoms with E-state index in [0.29, 0.717) is 31.8 Å². The average Bonchev–Trinajstić information content (AvgIpc) is 2.40. The van der Waals surface area contributed by atoms with Crippen molar-refractivity contribution in [3.8, 4) is 0 Å². The number of alkyl halides is 1. The molecule has 0 saturated heterocycles. The van der Waals surface area contributed by atoms with Crippen molar-refractivity contribution in [2.45, 2.75) is 19.8 Å². The monoisotopic (exact) mass is 283 g/mol. The second kappa shape index (κ2) is 7.79. The number of rotatable bonds is 7. The predicted molar refractivity (Wildman–Crippen MR) is 74.7 cm³/mol. The van der Waals surface area contributed by atoms with Crippen LogP contribution in [0.2, 0.25) is 0 Å². The van der Waals surface area contributed by atoms with Gasteiger partial charge in [0.1, 0.15) is 0 Å². The van der Waals surface area contributed by atoms with Crippen molar-refractivity contribution in [2.24, 2.45) is 0 Å². The minimum absolute atomic E-state index is 0.0552. The van der Waals surface area contributed by atoms with Gasteiger partial charge in [0.15, 0.2) is 0 Å². The molecule has 0 unspecified atom stereocenters. The molecule has 19 heavy (non-hydrogen) atoms. The summed E-state index contributed by atoms with van der Waals surface area (Å²) in [4.78, 5) is 24.2. The molecular weight excluding hydrogens is 266 g/mol. The number of amides is 1. The largest absolute Gasteiger partial charge is 0.478 e. The summed E-state index contributed by atoms with van der Waals surface area (Å²) >= 11 is 5.56. The first-order valence-corrected chi connectivity index (χ1v) is 6.78. The number of nitrogens with zero attached hydrogens (tertiary/aromatic N) is 1. The third-order valence-electron chi connectivity index (χ3n) is 2.91. The summed E-state index contributed by atoms with van der Waals surface area (Å²) in [5.74, 6) is -0.540. The molecule has 0 fully saturated rings. The highest BCUT2D eigenvalue weighted by molar-refractivity contribution is 6.18. The molecule has 0 bridgehead atoms. The number of hydrogen-bond acceptors (Lipinski definition) is 2. The zero-order valence-electron chi connectivity index (χ0n) is 10.9. The van der Waals surface area contributed by atoms with E-state index in [1.165, 1.54) is 0 Å². The zero-order chi connectivity index (χ0) is 14.3. The van der Waals surface area contributed by atoms with Gasteiger partial charge in [0.2, 0.25) is 5.91 Å². The molecule has 0 spiro atoms. The van der Waals surface area contributed by atoms with E-state index in [9.17, 15) is 9.59 Å². The molecule has 1 amide bonds. The predicted octanol–water partition coefficient (Wildman–Crippen LogP) is 2.40. The number of carboxylic acid groups (broad SMARTS) is 1. The van der Waals surface area contributed by atoms with Gasteiger partial charge in [0, 0.05) is 25.4 Å². The highest BCUT2D eigenvalue weighted by atomic mass is 35.5. The Morgan fingerprint density at radius 3 is 2.37 bits per heavy atom. The second-order valence-electron chi connectivity index (χ2n) is 4.16. The Morgan fingerprint density at radius 2 is 1.89 bits per heavy atom. The standard InChI is InChI=1S/C14H18ClNO3/c1-2-16(13(17)7-9-15)10-8-11-3-5-12(6-4-11)14(18)19/h3-6H,2,7-10H2,1H3,(H,18,19). The molecule has 5 heteroatoms. The van der Waals surface area contributed by atoms with E-state index in [-0.39, 0.29) is 11.5 Å². The Morgan fingerprint density at radius 1 is 1.26 bits per heavy atom. The minimum atomic E-state index is -0.931. The third-order valence-corrected chi connectivity index (χ3v) is 3.10. The van der Waals surface area contributed by atoms with Crippen molar-refractivity contribution in [3.05, 3.63) is 35.4 Å². The van der Waals surface area contributed by atoms with E-state index in [2.05, 4.69) is 0 Å². The van der Waals surface area contributed by atoms with Gasteiger partial charge < -0.3 is 10.0 Å². The molecular formula is C14H18ClNO3. The average molecular weight is 284 g/mol. The van der Waals surface area contributed by atoms with Gasteiger partial charge in [-0.25, -0.2) is 4.79 Å². The van der Waals surface area contributed by atoms with Crippen molar-refractivity contribution in [3.63, 3.8) is 0 Å². The summed E-state index contributed by atoms with van der Waals surface area (Å²) in [6.07, 6.45) is 1.06. The number of benzene rings is 1. The van der Waals surface area contributed by atoms with Crippen molar-refractivity contribution >= 4 is 23.5 Å². The molecule has 104 valence electrons. The van der Waals surface area contributed by atoms with E-state index in [1.54, 1.807) is 29.2 Å². The topological polar surface area (TPSA) is 57.6 Å². The van der Waals surface area contributed by atoms with Gasteiger partial charge in [-0.05, 0) is 31.0 Å². The van der Waals surface area contributed by atoms with Gasteiger partial charge in [0.25, 0.3) is 0 Å². The number of aromatic carboxylic acids is 1. The molecule has 1 aromatic carbocycles. The van der Waals surface area contributed by atoms with E-state index in [4.69, 9.17) is 16.7 Å². The SMILES string of the molecule is CCN(CCc1ccc(C(=O)O)cc1)C(=O)CCCl. The Bertz CT molecular complexity index is 431. The van der Waals surface area contributed by atoms with Crippen LogP contribution < -0.4 is 0 Å². The Kier molecular flexibility index (Phi) is 6.36. The zero-order valence-corrected chi connectivity index (χ0v) is 11.7. The lowest BCUT2D eigenvalue weighted by molar-refractivity contribution is -0.130. The molecule has 0 radical (unpaired) electrons. The fourth-order valence-corrected chi connectivity index (χ4v) is 1.94. The summed E-state index contributed by atoms with van der Waals surface area (Å²) in [5.41, 5.74) is 1.29. The molecule has 0 aliphatic carbocycles. The van der Waals surface area contributed by atoms with Crippen LogP contribution in [0.25, 0.3) is 0 Å². The van der Waals surface area contributed by atoms with E-state index < -0.39 is 5.97 Å². The summed E-state index contributed by atoms with van der Waals surface area (Å²) in [6.45, 7) is 3.21. The summed E-state index contributed by atoms with van der Waals surface area (Å²) in [7, 11) is 0. The molecule has 0 saturated carbocycles. The molecule has 0 atom stereocenters. The van der Waals surface area contributed by atoms with Gasteiger partial charge in [-0.15, -0.1) is 11.6 Å². The Hall–Kier alpha value is -1.55. The summed E-state index contributed by atoms with van der Waals surface area (Å²) in [5, 5.41) is 8.80. The molecule has 1 N–H and O–H groups in total. The first-order chi connectivity index (χ1) is 9.08. The smallest absolute Gasteiger partial charge is 0.335 e. The highest BCUT2D eigenvalue weighted by Crippen LogP contribution is 2.07. The van der Waals surface area contributed by atoms with Crippen LogP contribution in [0, 0.1) is 0 Å². The number of carboxylic acids is 1. The molecule has 0 aliphatic heterocycles. The van der Waals surface area contributed by atoms with Gasteiger partial charge in [-0.3, -0.25) is 4.79 Å². The molecule has 1 rings (SSSR count). The molecule has 0 aromatic heterocycles. The highest BCUT2D eigenvalue weighted by Gasteiger charge is 2.10. The molecule has 0 heterocycles. The third kappa shape index (κ3) is 4.91. The molecule has 1 aromatic rings. The maximum Gasteiger partial charge on any atom is 0.335 e. The molecule has 0 aliphatic rings. The van der Waals surface area contributed by atoms with Gasteiger partial charge in [0.05, 0.1) is 5.56 Å². The number of carbonyl (C=O) groups is 2. The maximum absolute atomic E-state index is 11.7.